The number of benzene rings is 1. The third-order valence-electron chi connectivity index (χ3n) is 2.71. The van der Waals surface area contributed by atoms with E-state index in [4.69, 9.17) is 0 Å². The van der Waals surface area contributed by atoms with Gasteiger partial charge in [0.1, 0.15) is 0 Å². The molecule has 3 nitrogen and oxygen atoms in total. The first-order chi connectivity index (χ1) is 7.88. The van der Waals surface area contributed by atoms with Gasteiger partial charge >= 0.3 is 0 Å². The van der Waals surface area contributed by atoms with E-state index < -0.39 is 0 Å². The SMILES string of the molecule is CNc1cnc2c(cnc3ccccc32)c1. The van der Waals surface area contributed by atoms with Crippen LogP contribution in [0, 0.1) is 0 Å². The van der Waals surface area contributed by atoms with Crippen LogP contribution in [-0.2, 0) is 0 Å². The Morgan fingerprint density at radius 2 is 1.94 bits per heavy atom. The van der Waals surface area contributed by atoms with Crippen molar-refractivity contribution in [1.29, 1.82) is 0 Å². The summed E-state index contributed by atoms with van der Waals surface area (Å²) >= 11 is 0. The fourth-order valence-electron chi connectivity index (χ4n) is 1.87. The molecule has 3 heteroatoms. The molecule has 1 N–H and O–H groups in total. The number of pyridine rings is 2. The number of aromatic nitrogens is 2. The van der Waals surface area contributed by atoms with Crippen LogP contribution >= 0.6 is 0 Å². The van der Waals surface area contributed by atoms with Gasteiger partial charge in [0.15, 0.2) is 0 Å². The Kier molecular flexibility index (Phi) is 1.96. The monoisotopic (exact) mass is 209 g/mol. The fourth-order valence-corrected chi connectivity index (χ4v) is 1.87. The zero-order valence-corrected chi connectivity index (χ0v) is 8.94. The number of fused-ring (bicyclic) bond motifs is 3. The molecule has 0 spiro atoms. The highest BCUT2D eigenvalue weighted by Crippen LogP contribution is 2.23. The van der Waals surface area contributed by atoms with Gasteiger partial charge in [0.2, 0.25) is 0 Å². The molecule has 0 fully saturated rings. The zero-order chi connectivity index (χ0) is 11.0. The van der Waals surface area contributed by atoms with E-state index in [0.717, 1.165) is 27.5 Å². The Bertz CT molecular complexity index is 661. The molecule has 2 aromatic heterocycles. The van der Waals surface area contributed by atoms with Crippen LogP contribution in [0.2, 0.25) is 0 Å². The molecule has 0 saturated heterocycles. The molecule has 16 heavy (non-hydrogen) atoms. The van der Waals surface area contributed by atoms with Gasteiger partial charge in [0.05, 0.1) is 22.9 Å². The van der Waals surface area contributed by atoms with Crippen LogP contribution in [0.1, 0.15) is 0 Å². The highest BCUT2D eigenvalue weighted by Gasteiger charge is 2.02. The fraction of sp³-hybridized carbons (Fsp3) is 0.0769. The lowest BCUT2D eigenvalue weighted by Crippen LogP contribution is -1.90. The lowest BCUT2D eigenvalue weighted by Gasteiger charge is -2.04. The molecule has 0 radical (unpaired) electrons. The summed E-state index contributed by atoms with van der Waals surface area (Å²) in [6.45, 7) is 0. The quantitative estimate of drug-likeness (QED) is 0.626. The van der Waals surface area contributed by atoms with Crippen LogP contribution in [0.4, 0.5) is 5.69 Å². The largest absolute Gasteiger partial charge is 0.387 e. The van der Waals surface area contributed by atoms with Gasteiger partial charge in [-0.1, -0.05) is 18.2 Å². The van der Waals surface area contributed by atoms with Crippen LogP contribution in [0.5, 0.6) is 0 Å². The minimum absolute atomic E-state index is 0.986. The minimum Gasteiger partial charge on any atom is -0.387 e. The summed E-state index contributed by atoms with van der Waals surface area (Å²) in [6.07, 6.45) is 3.71. The molecule has 78 valence electrons. The molecular weight excluding hydrogens is 198 g/mol. The Balaban J connectivity index is 2.43. The predicted molar refractivity (Wildman–Crippen MR) is 66.6 cm³/mol. The topological polar surface area (TPSA) is 37.8 Å². The zero-order valence-electron chi connectivity index (χ0n) is 8.94. The van der Waals surface area contributed by atoms with Crippen LogP contribution in [0.25, 0.3) is 21.8 Å². The molecule has 0 aliphatic heterocycles. The van der Waals surface area contributed by atoms with E-state index >= 15 is 0 Å². The lowest BCUT2D eigenvalue weighted by atomic mass is 10.1. The van der Waals surface area contributed by atoms with Crippen LogP contribution in [0.3, 0.4) is 0 Å². The van der Waals surface area contributed by atoms with Crippen molar-refractivity contribution in [1.82, 2.24) is 9.97 Å². The summed E-state index contributed by atoms with van der Waals surface area (Å²) in [6, 6.07) is 10.1. The van der Waals surface area contributed by atoms with Gasteiger partial charge in [0.25, 0.3) is 0 Å². The smallest absolute Gasteiger partial charge is 0.0813 e. The first-order valence-corrected chi connectivity index (χ1v) is 5.20. The number of hydrogen-bond acceptors (Lipinski definition) is 3. The summed E-state index contributed by atoms with van der Waals surface area (Å²) in [4.78, 5) is 8.89. The predicted octanol–water partition coefficient (Wildman–Crippen LogP) is 2.82. The normalized spacial score (nSPS) is 10.8. The summed E-state index contributed by atoms with van der Waals surface area (Å²) in [7, 11) is 1.89. The maximum Gasteiger partial charge on any atom is 0.0813 e. The first-order valence-electron chi connectivity index (χ1n) is 5.20. The van der Waals surface area contributed by atoms with E-state index in [9.17, 15) is 0 Å². The van der Waals surface area contributed by atoms with Gasteiger partial charge in [-0.05, 0) is 12.1 Å². The third-order valence-corrected chi connectivity index (χ3v) is 2.71. The Morgan fingerprint density at radius 1 is 1.06 bits per heavy atom. The van der Waals surface area contributed by atoms with Gasteiger partial charge < -0.3 is 5.32 Å². The highest BCUT2D eigenvalue weighted by atomic mass is 14.8. The van der Waals surface area contributed by atoms with Crippen molar-refractivity contribution in [2.24, 2.45) is 0 Å². The molecule has 3 aromatic rings. The molecule has 0 atom stereocenters. The van der Waals surface area contributed by atoms with Gasteiger partial charge in [-0.3, -0.25) is 9.97 Å². The second-order valence-corrected chi connectivity index (χ2v) is 3.69. The molecule has 0 aliphatic rings. The molecular formula is C13H11N3. The number of anilines is 1. The van der Waals surface area contributed by atoms with Gasteiger partial charge in [-0.25, -0.2) is 0 Å². The Labute approximate surface area is 93.1 Å². The standard InChI is InChI=1S/C13H11N3/c1-14-10-6-9-7-15-12-5-3-2-4-11(12)13(9)16-8-10/h2-8,14H,1H3. The van der Waals surface area contributed by atoms with E-state index in [1.54, 1.807) is 0 Å². The number of nitrogens with one attached hydrogen (secondary N) is 1. The van der Waals surface area contributed by atoms with Gasteiger partial charge in [-0.15, -0.1) is 0 Å². The minimum atomic E-state index is 0.986. The van der Waals surface area contributed by atoms with E-state index in [-0.39, 0.29) is 0 Å². The third kappa shape index (κ3) is 1.29. The van der Waals surface area contributed by atoms with Gasteiger partial charge in [-0.2, -0.15) is 0 Å². The second-order valence-electron chi connectivity index (χ2n) is 3.69. The summed E-state index contributed by atoms with van der Waals surface area (Å²) in [5.74, 6) is 0. The number of nitrogens with zero attached hydrogens (tertiary/aromatic N) is 2. The average Bonchev–Trinajstić information content (AvgIpc) is 2.38. The van der Waals surface area contributed by atoms with Crippen molar-refractivity contribution >= 4 is 27.5 Å². The molecule has 0 aliphatic carbocycles. The summed E-state index contributed by atoms with van der Waals surface area (Å²) < 4.78 is 0. The average molecular weight is 209 g/mol. The van der Waals surface area contributed by atoms with Crippen LogP contribution in [-0.4, -0.2) is 17.0 Å². The highest BCUT2D eigenvalue weighted by molar-refractivity contribution is 6.03. The van der Waals surface area contributed by atoms with Crippen molar-refractivity contribution in [2.75, 3.05) is 12.4 Å². The Morgan fingerprint density at radius 3 is 2.81 bits per heavy atom. The molecule has 0 amide bonds. The number of hydrogen-bond donors (Lipinski definition) is 1. The second kappa shape index (κ2) is 3.45. The van der Waals surface area contributed by atoms with Crippen molar-refractivity contribution in [3.8, 4) is 0 Å². The van der Waals surface area contributed by atoms with Crippen molar-refractivity contribution in [2.45, 2.75) is 0 Å². The van der Waals surface area contributed by atoms with E-state index in [1.807, 2.05) is 37.6 Å². The van der Waals surface area contributed by atoms with Crippen LogP contribution in [0.15, 0.2) is 42.7 Å². The summed E-state index contributed by atoms with van der Waals surface area (Å²) in [5.41, 5.74) is 2.99. The maximum absolute atomic E-state index is 4.48. The van der Waals surface area contributed by atoms with E-state index in [2.05, 4.69) is 27.4 Å². The Hall–Kier alpha value is -2.16. The van der Waals surface area contributed by atoms with Crippen molar-refractivity contribution in [3.63, 3.8) is 0 Å². The van der Waals surface area contributed by atoms with Crippen molar-refractivity contribution in [3.05, 3.63) is 42.7 Å². The van der Waals surface area contributed by atoms with Crippen LogP contribution < -0.4 is 5.32 Å². The molecule has 1 aromatic carbocycles. The van der Waals surface area contributed by atoms with Gasteiger partial charge in [0, 0.05) is 24.0 Å². The molecule has 3 rings (SSSR count). The lowest BCUT2D eigenvalue weighted by molar-refractivity contribution is 1.36. The van der Waals surface area contributed by atoms with E-state index in [0.29, 0.717) is 0 Å². The summed E-state index contributed by atoms with van der Waals surface area (Å²) in [5, 5.41) is 5.24. The van der Waals surface area contributed by atoms with Crippen molar-refractivity contribution < 1.29 is 0 Å². The van der Waals surface area contributed by atoms with E-state index in [1.165, 1.54) is 0 Å². The molecule has 0 bridgehead atoms. The molecule has 0 unspecified atom stereocenters. The molecule has 0 saturated carbocycles. The number of rotatable bonds is 1. The number of para-hydroxylation sites is 1. The first kappa shape index (κ1) is 9.09. The molecule has 2 heterocycles. The maximum atomic E-state index is 4.48.